The van der Waals surface area contributed by atoms with Gasteiger partial charge in [0.2, 0.25) is 11.7 Å². The lowest BCUT2D eigenvalue weighted by Gasteiger charge is -2.10. The van der Waals surface area contributed by atoms with Crippen molar-refractivity contribution in [2.24, 2.45) is 0 Å². The Morgan fingerprint density at radius 2 is 1.76 bits per heavy atom. The number of carbonyl (C=O) groups is 1. The Hall–Kier alpha value is -3.74. The van der Waals surface area contributed by atoms with Gasteiger partial charge in [0.1, 0.15) is 0 Å². The van der Waals surface area contributed by atoms with Crippen molar-refractivity contribution >= 4 is 11.6 Å². The van der Waals surface area contributed by atoms with E-state index in [4.69, 9.17) is 4.52 Å². The van der Waals surface area contributed by atoms with Crippen molar-refractivity contribution in [3.8, 4) is 17.1 Å². The average molecular weight is 387 g/mol. The second kappa shape index (κ2) is 7.35. The summed E-state index contributed by atoms with van der Waals surface area (Å²) in [4.78, 5) is 17.0. The number of hydrogen-bond donors (Lipinski definition) is 1. The molecule has 0 aliphatic rings. The van der Waals surface area contributed by atoms with Gasteiger partial charge in [-0.2, -0.15) is 10.1 Å². The maximum absolute atomic E-state index is 12.5. The molecule has 7 heteroatoms. The minimum atomic E-state index is -0.202. The van der Waals surface area contributed by atoms with E-state index in [0.717, 1.165) is 11.3 Å². The maximum atomic E-state index is 12.5. The topological polar surface area (TPSA) is 85.8 Å². The summed E-state index contributed by atoms with van der Waals surface area (Å²) in [7, 11) is 0. The van der Waals surface area contributed by atoms with E-state index in [1.807, 2.05) is 69.4 Å². The van der Waals surface area contributed by atoms with Crippen molar-refractivity contribution in [2.75, 3.05) is 5.32 Å². The summed E-state index contributed by atoms with van der Waals surface area (Å²) in [6.45, 7) is 6.06. The van der Waals surface area contributed by atoms with Gasteiger partial charge in [-0.3, -0.25) is 4.79 Å². The molecule has 29 heavy (non-hydrogen) atoms. The summed E-state index contributed by atoms with van der Waals surface area (Å²) >= 11 is 0. The number of rotatable bonds is 4. The van der Waals surface area contributed by atoms with E-state index in [-0.39, 0.29) is 11.3 Å². The Balaban J connectivity index is 1.44. The molecule has 0 saturated heterocycles. The highest BCUT2D eigenvalue weighted by molar-refractivity contribution is 6.04. The summed E-state index contributed by atoms with van der Waals surface area (Å²) < 4.78 is 7.08. The molecule has 0 unspecified atom stereocenters. The first-order chi connectivity index (χ1) is 13.9. The van der Waals surface area contributed by atoms with Crippen molar-refractivity contribution in [1.29, 1.82) is 0 Å². The predicted octanol–water partition coefficient (Wildman–Crippen LogP) is 4.47. The number of hydrogen-bond acceptors (Lipinski definition) is 5. The molecule has 0 radical (unpaired) electrons. The number of nitrogens with one attached hydrogen (secondary N) is 1. The van der Waals surface area contributed by atoms with Crippen LogP contribution < -0.4 is 5.32 Å². The number of aromatic nitrogens is 4. The highest BCUT2D eigenvalue weighted by atomic mass is 16.5. The molecule has 1 amide bonds. The Labute approximate surface area is 168 Å². The van der Waals surface area contributed by atoms with Gasteiger partial charge in [-0.05, 0) is 54.6 Å². The fourth-order valence-corrected chi connectivity index (χ4v) is 2.74. The molecule has 4 rings (SSSR count). The standard InChI is InChI=1S/C22H21N5O2/c1-22(2,3)21-25-19(26-29-21)15-5-9-17(10-6-15)24-20(28)16-7-11-18(12-8-16)27-14-4-13-23-27/h4-14H,1-3H3,(H,24,28). The lowest BCUT2D eigenvalue weighted by atomic mass is 9.97. The molecular formula is C22H21N5O2. The van der Waals surface area contributed by atoms with E-state index in [2.05, 4.69) is 20.6 Å². The third kappa shape index (κ3) is 4.08. The van der Waals surface area contributed by atoms with Crippen LogP contribution in [-0.4, -0.2) is 25.8 Å². The zero-order valence-electron chi connectivity index (χ0n) is 16.5. The van der Waals surface area contributed by atoms with Gasteiger partial charge in [-0.1, -0.05) is 25.9 Å². The van der Waals surface area contributed by atoms with Crippen molar-refractivity contribution in [3.05, 3.63) is 78.4 Å². The Morgan fingerprint density at radius 3 is 2.34 bits per heavy atom. The Bertz CT molecular complexity index is 1110. The molecule has 4 aromatic rings. The molecule has 0 saturated carbocycles. The van der Waals surface area contributed by atoms with Gasteiger partial charge in [0.05, 0.1) is 5.69 Å². The largest absolute Gasteiger partial charge is 0.338 e. The van der Waals surface area contributed by atoms with Crippen LogP contribution in [0.25, 0.3) is 17.1 Å². The number of nitrogens with zero attached hydrogens (tertiary/aromatic N) is 4. The first-order valence-corrected chi connectivity index (χ1v) is 9.26. The third-order valence-corrected chi connectivity index (χ3v) is 4.37. The summed E-state index contributed by atoms with van der Waals surface area (Å²) in [6, 6.07) is 16.4. The van der Waals surface area contributed by atoms with Crippen LogP contribution in [0.4, 0.5) is 5.69 Å². The van der Waals surface area contributed by atoms with Crippen LogP contribution in [0, 0.1) is 0 Å². The Kier molecular flexibility index (Phi) is 4.72. The number of carbonyl (C=O) groups excluding carboxylic acids is 1. The van der Waals surface area contributed by atoms with Crippen LogP contribution in [-0.2, 0) is 5.41 Å². The summed E-state index contributed by atoms with van der Waals surface area (Å²) in [5.74, 6) is 0.935. The van der Waals surface area contributed by atoms with E-state index in [1.165, 1.54) is 0 Å². The normalized spacial score (nSPS) is 11.4. The highest BCUT2D eigenvalue weighted by Crippen LogP contribution is 2.24. The van der Waals surface area contributed by atoms with Gasteiger partial charge in [0.25, 0.3) is 5.91 Å². The van der Waals surface area contributed by atoms with E-state index in [0.29, 0.717) is 23.0 Å². The molecule has 0 spiro atoms. The van der Waals surface area contributed by atoms with Gasteiger partial charge in [-0.15, -0.1) is 0 Å². The molecule has 146 valence electrons. The van der Waals surface area contributed by atoms with Gasteiger partial charge < -0.3 is 9.84 Å². The lowest BCUT2D eigenvalue weighted by molar-refractivity contribution is 0.102. The van der Waals surface area contributed by atoms with Crippen molar-refractivity contribution in [3.63, 3.8) is 0 Å². The second-order valence-electron chi connectivity index (χ2n) is 7.70. The zero-order chi connectivity index (χ0) is 20.4. The second-order valence-corrected chi connectivity index (χ2v) is 7.70. The zero-order valence-corrected chi connectivity index (χ0v) is 16.5. The van der Waals surface area contributed by atoms with Crippen molar-refractivity contribution in [2.45, 2.75) is 26.2 Å². The van der Waals surface area contributed by atoms with E-state index in [1.54, 1.807) is 23.0 Å². The highest BCUT2D eigenvalue weighted by Gasteiger charge is 2.22. The minimum absolute atomic E-state index is 0.181. The van der Waals surface area contributed by atoms with Gasteiger partial charge in [-0.25, -0.2) is 4.68 Å². The lowest BCUT2D eigenvalue weighted by Crippen LogP contribution is -2.12. The van der Waals surface area contributed by atoms with Gasteiger partial charge in [0, 0.05) is 34.6 Å². The minimum Gasteiger partial charge on any atom is -0.338 e. The molecule has 2 aromatic heterocycles. The fourth-order valence-electron chi connectivity index (χ4n) is 2.74. The SMILES string of the molecule is CC(C)(C)c1nc(-c2ccc(NC(=O)c3ccc(-n4cccn4)cc3)cc2)no1. The summed E-state index contributed by atoms with van der Waals surface area (Å²) in [5, 5.41) is 11.1. The molecule has 0 aliphatic heterocycles. The molecule has 7 nitrogen and oxygen atoms in total. The van der Waals surface area contributed by atoms with Crippen LogP contribution in [0.5, 0.6) is 0 Å². The summed E-state index contributed by atoms with van der Waals surface area (Å²) in [6.07, 6.45) is 3.56. The maximum Gasteiger partial charge on any atom is 0.255 e. The third-order valence-electron chi connectivity index (χ3n) is 4.37. The molecular weight excluding hydrogens is 366 g/mol. The van der Waals surface area contributed by atoms with Crippen LogP contribution in [0.1, 0.15) is 37.0 Å². The summed E-state index contributed by atoms with van der Waals surface area (Å²) in [5.41, 5.74) is 2.77. The van der Waals surface area contributed by atoms with E-state index < -0.39 is 0 Å². The number of anilines is 1. The number of benzene rings is 2. The van der Waals surface area contributed by atoms with Crippen LogP contribution in [0.3, 0.4) is 0 Å². The van der Waals surface area contributed by atoms with Gasteiger partial charge >= 0.3 is 0 Å². The molecule has 0 atom stereocenters. The quantitative estimate of drug-likeness (QED) is 0.558. The van der Waals surface area contributed by atoms with E-state index >= 15 is 0 Å². The van der Waals surface area contributed by atoms with Crippen LogP contribution in [0.2, 0.25) is 0 Å². The van der Waals surface area contributed by atoms with Crippen molar-refractivity contribution < 1.29 is 9.32 Å². The molecule has 0 bridgehead atoms. The monoisotopic (exact) mass is 387 g/mol. The van der Waals surface area contributed by atoms with Crippen LogP contribution >= 0.6 is 0 Å². The molecule has 0 aliphatic carbocycles. The smallest absolute Gasteiger partial charge is 0.255 e. The van der Waals surface area contributed by atoms with Crippen LogP contribution in [0.15, 0.2) is 71.5 Å². The predicted molar refractivity (Wildman–Crippen MR) is 110 cm³/mol. The molecule has 2 heterocycles. The van der Waals surface area contributed by atoms with Crippen molar-refractivity contribution in [1.82, 2.24) is 19.9 Å². The Morgan fingerprint density at radius 1 is 1.03 bits per heavy atom. The van der Waals surface area contributed by atoms with E-state index in [9.17, 15) is 4.79 Å². The first kappa shape index (κ1) is 18.6. The number of amides is 1. The van der Waals surface area contributed by atoms with Gasteiger partial charge in [0.15, 0.2) is 0 Å². The fraction of sp³-hybridized carbons (Fsp3) is 0.182. The molecule has 0 fully saturated rings. The molecule has 2 aromatic carbocycles. The average Bonchev–Trinajstić information content (AvgIpc) is 3.41. The first-order valence-electron chi connectivity index (χ1n) is 9.26. The molecule has 1 N–H and O–H groups in total.